The first-order valence-electron chi connectivity index (χ1n) is 8.95. The Morgan fingerprint density at radius 2 is 2.00 bits per heavy atom. The molecule has 3 aliphatic rings. The van der Waals surface area contributed by atoms with Crippen LogP contribution in [0.1, 0.15) is 41.0 Å². The smallest absolute Gasteiger partial charge is 0.330 e. The SMILES string of the molecule is CC(C)=CC(=O)OC1C2C(CC(C)C3C=CC(=O)C31C)OC(=O)C2C. The number of ketones is 1. The number of esters is 2. The van der Waals surface area contributed by atoms with Gasteiger partial charge >= 0.3 is 11.9 Å². The van der Waals surface area contributed by atoms with Gasteiger partial charge in [-0.25, -0.2) is 4.79 Å². The molecule has 1 heterocycles. The van der Waals surface area contributed by atoms with E-state index in [-0.39, 0.29) is 35.6 Å². The molecule has 0 aromatic rings. The van der Waals surface area contributed by atoms with Gasteiger partial charge in [0.15, 0.2) is 5.78 Å². The zero-order chi connectivity index (χ0) is 18.5. The van der Waals surface area contributed by atoms with Gasteiger partial charge in [-0.05, 0) is 45.1 Å². The average molecular weight is 346 g/mol. The van der Waals surface area contributed by atoms with Crippen molar-refractivity contribution in [3.05, 3.63) is 23.8 Å². The van der Waals surface area contributed by atoms with Crippen molar-refractivity contribution in [2.75, 3.05) is 0 Å². The third-order valence-electron chi connectivity index (χ3n) is 6.13. The number of fused-ring (bicyclic) bond motifs is 2. The summed E-state index contributed by atoms with van der Waals surface area (Å²) in [6.45, 7) is 9.37. The number of rotatable bonds is 2. The molecular weight excluding hydrogens is 320 g/mol. The van der Waals surface area contributed by atoms with Crippen molar-refractivity contribution in [3.8, 4) is 0 Å². The van der Waals surface area contributed by atoms with Crippen LogP contribution in [0.25, 0.3) is 0 Å². The lowest BCUT2D eigenvalue weighted by Gasteiger charge is -2.40. The van der Waals surface area contributed by atoms with Gasteiger partial charge in [-0.15, -0.1) is 0 Å². The molecule has 0 spiro atoms. The first-order chi connectivity index (χ1) is 11.7. The number of allylic oxidation sites excluding steroid dienone is 3. The Kier molecular flexibility index (Phi) is 4.38. The van der Waals surface area contributed by atoms with Crippen LogP contribution in [0.4, 0.5) is 0 Å². The van der Waals surface area contributed by atoms with Crippen LogP contribution in [0.15, 0.2) is 23.8 Å². The van der Waals surface area contributed by atoms with Crippen LogP contribution in [0.5, 0.6) is 0 Å². The Balaban J connectivity index is 2.06. The molecule has 0 aromatic heterocycles. The summed E-state index contributed by atoms with van der Waals surface area (Å²) in [6, 6.07) is 0. The minimum absolute atomic E-state index is 0.0268. The van der Waals surface area contributed by atoms with Crippen LogP contribution in [-0.2, 0) is 23.9 Å². The van der Waals surface area contributed by atoms with Crippen molar-refractivity contribution >= 4 is 17.7 Å². The van der Waals surface area contributed by atoms with Crippen molar-refractivity contribution < 1.29 is 23.9 Å². The zero-order valence-corrected chi connectivity index (χ0v) is 15.4. The number of ether oxygens (including phenoxy) is 2. The summed E-state index contributed by atoms with van der Waals surface area (Å²) in [5.74, 6) is -1.34. The Bertz CT molecular complexity index is 672. The summed E-state index contributed by atoms with van der Waals surface area (Å²) in [5.41, 5.74) is -0.0282. The lowest BCUT2D eigenvalue weighted by molar-refractivity contribution is -0.162. The lowest BCUT2D eigenvalue weighted by Crippen LogP contribution is -2.50. The molecule has 2 fully saturated rings. The molecular formula is C20H26O5. The van der Waals surface area contributed by atoms with E-state index >= 15 is 0 Å². The standard InChI is InChI=1S/C20H26O5/c1-10(2)8-16(22)25-18-17-12(4)19(23)24-14(17)9-11(3)13-6-7-15(21)20(13,18)5/h6-8,11-14,17-18H,9H2,1-5H3. The third-order valence-corrected chi connectivity index (χ3v) is 6.13. The van der Waals surface area contributed by atoms with Crippen LogP contribution in [0.3, 0.4) is 0 Å². The van der Waals surface area contributed by atoms with E-state index in [0.29, 0.717) is 6.42 Å². The molecule has 5 nitrogen and oxygen atoms in total. The molecule has 3 rings (SSSR count). The Hall–Kier alpha value is -1.91. The lowest BCUT2D eigenvalue weighted by atomic mass is 9.66. The summed E-state index contributed by atoms with van der Waals surface area (Å²) in [5, 5.41) is 0. The van der Waals surface area contributed by atoms with Gasteiger partial charge < -0.3 is 9.47 Å². The second-order valence-corrected chi connectivity index (χ2v) is 8.17. The van der Waals surface area contributed by atoms with Gasteiger partial charge in [0.05, 0.1) is 11.3 Å². The molecule has 25 heavy (non-hydrogen) atoms. The molecule has 0 amide bonds. The fraction of sp³-hybridized carbons (Fsp3) is 0.650. The van der Waals surface area contributed by atoms with E-state index in [9.17, 15) is 14.4 Å². The van der Waals surface area contributed by atoms with Gasteiger partial charge in [-0.1, -0.05) is 25.5 Å². The van der Waals surface area contributed by atoms with Crippen molar-refractivity contribution in [2.24, 2.45) is 29.1 Å². The molecule has 0 bridgehead atoms. The molecule has 0 aromatic carbocycles. The fourth-order valence-corrected chi connectivity index (χ4v) is 4.83. The largest absolute Gasteiger partial charge is 0.462 e. The zero-order valence-electron chi connectivity index (χ0n) is 15.4. The third kappa shape index (κ3) is 2.74. The fourth-order valence-electron chi connectivity index (χ4n) is 4.83. The Morgan fingerprint density at radius 3 is 2.64 bits per heavy atom. The summed E-state index contributed by atoms with van der Waals surface area (Å²) in [7, 11) is 0. The highest BCUT2D eigenvalue weighted by molar-refractivity contribution is 5.98. The van der Waals surface area contributed by atoms with E-state index in [1.54, 1.807) is 13.0 Å². The highest BCUT2D eigenvalue weighted by Gasteiger charge is 2.62. The van der Waals surface area contributed by atoms with E-state index in [2.05, 4.69) is 6.92 Å². The van der Waals surface area contributed by atoms with E-state index in [1.807, 2.05) is 26.8 Å². The van der Waals surface area contributed by atoms with Gasteiger partial charge in [0.2, 0.25) is 0 Å². The monoisotopic (exact) mass is 346 g/mol. The Labute approximate surface area is 148 Å². The molecule has 7 unspecified atom stereocenters. The van der Waals surface area contributed by atoms with E-state index in [1.165, 1.54) is 6.08 Å². The average Bonchev–Trinajstić information content (AvgIpc) is 2.92. The topological polar surface area (TPSA) is 69.7 Å². The van der Waals surface area contributed by atoms with Crippen LogP contribution >= 0.6 is 0 Å². The van der Waals surface area contributed by atoms with E-state index in [0.717, 1.165) is 5.57 Å². The first-order valence-corrected chi connectivity index (χ1v) is 8.95. The van der Waals surface area contributed by atoms with E-state index < -0.39 is 23.4 Å². The van der Waals surface area contributed by atoms with Crippen molar-refractivity contribution in [2.45, 2.75) is 53.2 Å². The van der Waals surface area contributed by atoms with Crippen molar-refractivity contribution in [1.29, 1.82) is 0 Å². The summed E-state index contributed by atoms with van der Waals surface area (Å²) >= 11 is 0. The Morgan fingerprint density at radius 1 is 1.32 bits per heavy atom. The number of carbonyl (C=O) groups excluding carboxylic acids is 3. The van der Waals surface area contributed by atoms with E-state index in [4.69, 9.17) is 9.47 Å². The molecule has 7 atom stereocenters. The van der Waals surface area contributed by atoms with Crippen LogP contribution in [0, 0.1) is 29.1 Å². The summed E-state index contributed by atoms with van der Waals surface area (Å²) in [6.07, 6.45) is 4.64. The molecule has 0 radical (unpaired) electrons. The number of carbonyl (C=O) groups is 3. The molecule has 1 aliphatic heterocycles. The minimum atomic E-state index is -0.855. The van der Waals surface area contributed by atoms with Gasteiger partial charge in [-0.3, -0.25) is 9.59 Å². The molecule has 0 N–H and O–H groups in total. The van der Waals surface area contributed by atoms with Gasteiger partial charge in [0.1, 0.15) is 12.2 Å². The second-order valence-electron chi connectivity index (χ2n) is 8.17. The second kappa shape index (κ2) is 6.11. The minimum Gasteiger partial charge on any atom is -0.462 e. The van der Waals surface area contributed by atoms with Crippen molar-refractivity contribution in [1.82, 2.24) is 0 Å². The highest BCUT2D eigenvalue weighted by atomic mass is 16.6. The summed E-state index contributed by atoms with van der Waals surface area (Å²) in [4.78, 5) is 37.3. The molecule has 5 heteroatoms. The predicted octanol–water partition coefficient (Wildman–Crippen LogP) is 2.84. The first kappa shape index (κ1) is 17.9. The maximum Gasteiger partial charge on any atom is 0.330 e. The van der Waals surface area contributed by atoms with Crippen LogP contribution in [0.2, 0.25) is 0 Å². The van der Waals surface area contributed by atoms with Crippen LogP contribution < -0.4 is 0 Å². The number of hydrogen-bond acceptors (Lipinski definition) is 5. The molecule has 2 aliphatic carbocycles. The molecule has 136 valence electrons. The quantitative estimate of drug-likeness (QED) is 0.568. The van der Waals surface area contributed by atoms with Crippen LogP contribution in [-0.4, -0.2) is 29.9 Å². The maximum absolute atomic E-state index is 12.8. The summed E-state index contributed by atoms with van der Waals surface area (Å²) < 4.78 is 11.4. The maximum atomic E-state index is 12.8. The number of hydrogen-bond donors (Lipinski definition) is 0. The van der Waals surface area contributed by atoms with Gasteiger partial charge in [-0.2, -0.15) is 0 Å². The normalized spacial score (nSPS) is 42.3. The molecule has 1 saturated carbocycles. The van der Waals surface area contributed by atoms with Gasteiger partial charge in [0, 0.05) is 12.0 Å². The highest BCUT2D eigenvalue weighted by Crippen LogP contribution is 2.54. The predicted molar refractivity (Wildman–Crippen MR) is 91.4 cm³/mol. The van der Waals surface area contributed by atoms with Gasteiger partial charge in [0.25, 0.3) is 0 Å². The van der Waals surface area contributed by atoms with Crippen molar-refractivity contribution in [3.63, 3.8) is 0 Å². The molecule has 1 saturated heterocycles.